The molecule has 0 aliphatic rings. The molecule has 0 heterocycles. The Hall–Kier alpha value is -5.15. The zero-order chi connectivity index (χ0) is 83.9. The number of aliphatic hydroxyl groups is 3. The third-order valence-electron chi connectivity index (χ3n) is 15.6. The van der Waals surface area contributed by atoms with Crippen LogP contribution >= 0.6 is 76.1 Å². The van der Waals surface area contributed by atoms with E-state index < -0.39 is 26.6 Å². The van der Waals surface area contributed by atoms with Crippen LogP contribution in [0.3, 0.4) is 0 Å². The van der Waals surface area contributed by atoms with Gasteiger partial charge in [0.15, 0.2) is 0 Å². The Labute approximate surface area is 709 Å². The number of terminal acetylenes is 1. The van der Waals surface area contributed by atoms with Crippen LogP contribution in [0.25, 0.3) is 0 Å². The second kappa shape index (κ2) is 62.2. The Morgan fingerprint density at radius 1 is 0.514 bits per heavy atom. The molecule has 0 spiro atoms. The van der Waals surface area contributed by atoms with Crippen molar-refractivity contribution >= 4 is 115 Å². The van der Waals surface area contributed by atoms with Gasteiger partial charge in [0.2, 0.25) is 0 Å². The van der Waals surface area contributed by atoms with Gasteiger partial charge in [-0.3, -0.25) is 14.4 Å². The van der Waals surface area contributed by atoms with Crippen molar-refractivity contribution in [2.24, 2.45) is 38.7 Å². The molecule has 0 atom stereocenters. The van der Waals surface area contributed by atoms with E-state index in [1.165, 1.54) is 45.9 Å². The molecule has 6 aromatic rings. The summed E-state index contributed by atoms with van der Waals surface area (Å²) in [6.07, 6.45) is 13.1. The average Bonchev–Trinajstić information content (AvgIpc) is 0.866. The van der Waals surface area contributed by atoms with E-state index in [4.69, 9.17) is 41.8 Å². The zero-order valence-electron chi connectivity index (χ0n) is 69.5. The predicted octanol–water partition coefficient (Wildman–Crippen LogP) is 16.8. The summed E-state index contributed by atoms with van der Waals surface area (Å²) in [5.74, 6) is 7.88. The fourth-order valence-electron chi connectivity index (χ4n) is 9.87. The van der Waals surface area contributed by atoms with Crippen LogP contribution in [0.4, 0.5) is 0 Å². The van der Waals surface area contributed by atoms with Gasteiger partial charge in [-0.15, -0.1) is 18.8 Å². The predicted molar refractivity (Wildman–Crippen MR) is 482 cm³/mol. The molecule has 0 amide bonds. The van der Waals surface area contributed by atoms with Gasteiger partial charge in [-0.25, -0.2) is 0 Å². The van der Waals surface area contributed by atoms with Crippen LogP contribution in [0.2, 0.25) is 20.5 Å². The second-order valence-electron chi connectivity index (χ2n) is 30.9. The van der Waals surface area contributed by atoms with Crippen molar-refractivity contribution in [2.45, 2.75) is 187 Å². The minimum Gasteiger partial charge on any atom is -0.466 e. The molecule has 11 N–H and O–H groups in total. The Morgan fingerprint density at radius 3 is 1.24 bits per heavy atom. The monoisotopic (exact) mass is 1810 g/mol. The highest BCUT2D eigenvalue weighted by Crippen LogP contribution is 2.28. The van der Waals surface area contributed by atoms with E-state index in [-0.39, 0.29) is 77.7 Å². The van der Waals surface area contributed by atoms with E-state index in [1.54, 1.807) is 27.4 Å². The van der Waals surface area contributed by atoms with Gasteiger partial charge >= 0.3 is 39.1 Å². The number of halogens is 5. The molecule has 0 aliphatic heterocycles. The highest BCUT2D eigenvalue weighted by molar-refractivity contribution is 9.11. The molecule has 16 nitrogen and oxygen atoms in total. The first kappa shape index (κ1) is 110. The molecule has 111 heavy (non-hydrogen) atoms. The Morgan fingerprint density at radius 2 is 0.883 bits per heavy atom. The second-order valence-corrected chi connectivity index (χ2v) is 34.2. The van der Waals surface area contributed by atoms with Gasteiger partial charge < -0.3 is 66.0 Å². The number of rotatable bonds is 32. The molecular formula is C87H132B3Br4ClN4O12. The maximum Gasteiger partial charge on any atom is 0.374 e. The summed E-state index contributed by atoms with van der Waals surface area (Å²) >= 11 is 13.6. The van der Waals surface area contributed by atoms with E-state index in [9.17, 15) is 24.6 Å². The van der Waals surface area contributed by atoms with E-state index in [0.717, 1.165) is 94.3 Å². The summed E-state index contributed by atoms with van der Waals surface area (Å²) in [6.45, 7) is 38.5. The van der Waals surface area contributed by atoms with Crippen molar-refractivity contribution in [3.05, 3.63) is 209 Å². The zero-order valence-corrected chi connectivity index (χ0v) is 76.7. The van der Waals surface area contributed by atoms with Crippen LogP contribution in [0.5, 0.6) is 0 Å². The average molecular weight is 1810 g/mol. The molecule has 0 saturated heterocycles. The largest absolute Gasteiger partial charge is 0.466 e. The number of carbonyl (C=O) groups excluding carboxylic acids is 3. The van der Waals surface area contributed by atoms with E-state index >= 15 is 0 Å². The number of nitrogens with two attached hydrogens (primary N) is 1. The summed E-state index contributed by atoms with van der Waals surface area (Å²) in [5.41, 5.74) is 15.8. The molecular weight excluding hydrogens is 1680 g/mol. The highest BCUT2D eigenvalue weighted by atomic mass is 79.9. The number of aryl methyl sites for hydroxylation is 2. The summed E-state index contributed by atoms with van der Waals surface area (Å²) in [7, 11) is -1.46. The molecule has 6 aromatic carbocycles. The van der Waals surface area contributed by atoms with Crippen LogP contribution in [-0.2, 0) is 78.9 Å². The van der Waals surface area contributed by atoms with Gasteiger partial charge in [0.05, 0.1) is 37.7 Å². The summed E-state index contributed by atoms with van der Waals surface area (Å²) in [4.78, 5) is 33.1. The molecule has 0 aromatic heterocycles. The number of carbonyl (C=O) groups is 3. The molecule has 24 heteroatoms. The van der Waals surface area contributed by atoms with Crippen molar-refractivity contribution in [3.63, 3.8) is 0 Å². The topological polar surface area (TPSA) is 262 Å². The van der Waals surface area contributed by atoms with E-state index in [1.807, 2.05) is 115 Å². The number of nitrogens with one attached hydrogen (secondary N) is 3. The molecule has 0 fully saturated rings. The number of benzene rings is 6. The fourth-order valence-corrected chi connectivity index (χ4v) is 11.6. The number of esters is 3. The molecule has 0 aliphatic carbocycles. The first-order valence-electron chi connectivity index (χ1n) is 37.8. The Balaban J connectivity index is -0.00000123. The van der Waals surface area contributed by atoms with Gasteiger partial charge in [-0.1, -0.05) is 248 Å². The maximum atomic E-state index is 11.7. The van der Waals surface area contributed by atoms with Gasteiger partial charge in [0.25, 0.3) is 0 Å². The number of aliphatic hydroxyl groups excluding tert-OH is 3. The molecule has 616 valence electrons. The number of ether oxygens (including phenoxy) is 3. The summed E-state index contributed by atoms with van der Waals surface area (Å²) < 4.78 is 18.1. The van der Waals surface area contributed by atoms with Gasteiger partial charge in [-0.2, -0.15) is 0 Å². The third-order valence-corrected chi connectivity index (χ3v) is 17.7. The molecule has 0 bridgehead atoms. The maximum absolute atomic E-state index is 11.7. The van der Waals surface area contributed by atoms with Crippen LogP contribution < -0.4 is 21.4 Å². The number of hydrogen-bond donors (Lipinski definition) is 10. The lowest BCUT2D eigenvalue weighted by Gasteiger charge is -2.24. The van der Waals surface area contributed by atoms with Gasteiger partial charge in [0.1, 0.15) is 0 Å². The van der Waals surface area contributed by atoms with Crippen molar-refractivity contribution in [1.82, 2.24) is 15.7 Å². The standard InChI is InChI=1S/C16H25NO2.C15H26BNO2.C15H22BNO2.C13H17BrO2.C11H15BrO.C7H6Br2.C6H12O2.C4H8BNO.ClH/c1-13(18)19-12-16(2,3)11-15-7-4-6-14(10-15)8-5-9-17;2*1-15(2,12-18)11-14-7-4-6-13(10-14)8-5-9-17-16(3)19;1-4-16-12(15)13(2,3)9-10-6-5-7-11(14)8-10;1-11(2,8-13)7-9-4-3-5-10(12)6-9;8-5-6-2-1-3-7(9)4-6;1-4-8-6(7)5(2)3;1-3-4-6-5(2)7;/h4,6-7,10H,5,8-9,11-12,17H2,1-3H3;4,6-7,10,17-19H,5,8-9,11-12H2,1-3H3;4,6-7,10,17-19H,9,11-12H2,1-3H3;5-8H,4,9H2,1-3H3;3-6,13H,7-8H2,1-2H3;1-4H,5H2;5H,4H2,1-3H3;1,6-7H,4H2,2H3;1H. The van der Waals surface area contributed by atoms with Gasteiger partial charge in [-0.05, 0) is 228 Å². The SMILES string of the molecule is BrCc1cccc(Br)c1.C#CCNB(C)O.CB(O)NCC#Cc1cccc(CC(C)(C)CO)c1.CB(O)NCCCc1cccc(CC(C)(C)CO)c1.CC(=O)OCC(C)(C)Cc1cccc(CCCN)c1.CC(C)(CO)Cc1cccc(Br)c1.CCOC(=O)C(C)(C)Cc1cccc(Br)c1.CCOC(=O)C(C)C.Cl. The fraction of sp³-hybridized carbons (Fsp3) is 0.506. The lowest BCUT2D eigenvalue weighted by Crippen LogP contribution is -2.31. The summed E-state index contributed by atoms with van der Waals surface area (Å²) in [6, 6.07) is 49.6. The van der Waals surface area contributed by atoms with Crippen LogP contribution in [-0.4, -0.2) is 135 Å². The molecule has 0 saturated carbocycles. The van der Waals surface area contributed by atoms with Crippen molar-refractivity contribution in [1.29, 1.82) is 0 Å². The first-order chi connectivity index (χ1) is 51.5. The molecule has 0 radical (unpaired) electrons. The summed E-state index contributed by atoms with van der Waals surface area (Å²) in [5, 5.41) is 63.7. The Kier molecular flexibility index (Phi) is 61.6. The third kappa shape index (κ3) is 61.0. The lowest BCUT2D eigenvalue weighted by molar-refractivity contribution is -0.153. The lowest BCUT2D eigenvalue weighted by atomic mass is 9.86. The van der Waals surface area contributed by atoms with Crippen LogP contribution in [0.15, 0.2) is 159 Å². The van der Waals surface area contributed by atoms with E-state index in [0.29, 0.717) is 39.3 Å². The van der Waals surface area contributed by atoms with Crippen molar-refractivity contribution in [3.8, 4) is 24.2 Å². The van der Waals surface area contributed by atoms with Crippen LogP contribution in [0, 0.1) is 57.2 Å². The highest BCUT2D eigenvalue weighted by Gasteiger charge is 2.29. The molecule has 6 rings (SSSR count). The minimum absolute atomic E-state index is 0. The minimum atomic E-state index is -0.536. The normalized spacial score (nSPS) is 10.7. The number of alkyl halides is 1. The van der Waals surface area contributed by atoms with Crippen molar-refractivity contribution < 1.29 is 59.0 Å². The van der Waals surface area contributed by atoms with Crippen LogP contribution in [0.1, 0.15) is 167 Å². The smallest absolute Gasteiger partial charge is 0.374 e. The molecule has 0 unspecified atom stereocenters. The van der Waals surface area contributed by atoms with Crippen molar-refractivity contribution in [2.75, 3.05) is 65.8 Å². The van der Waals surface area contributed by atoms with E-state index in [2.05, 4.69) is 222 Å². The van der Waals surface area contributed by atoms with Gasteiger partial charge in [0, 0.05) is 63.0 Å². The Bertz CT molecular complexity index is 3610. The first-order valence-corrected chi connectivity index (χ1v) is 41.3. The number of hydrogen-bond acceptors (Lipinski definition) is 16. The quantitative estimate of drug-likeness (QED) is 0.00470.